The second-order valence-corrected chi connectivity index (χ2v) is 4.99. The minimum Gasteiger partial charge on any atom is -0.344 e. The Morgan fingerprint density at radius 3 is 2.00 bits per heavy atom. The number of nitrogens with zero attached hydrogens (tertiary/aromatic N) is 1. The third kappa shape index (κ3) is 4.06. The fourth-order valence-corrected chi connectivity index (χ4v) is 1.89. The van der Waals surface area contributed by atoms with E-state index in [1.165, 1.54) is 4.90 Å². The van der Waals surface area contributed by atoms with E-state index < -0.39 is 0 Å². The van der Waals surface area contributed by atoms with Gasteiger partial charge in [0.05, 0.1) is 0 Å². The summed E-state index contributed by atoms with van der Waals surface area (Å²) in [6.45, 7) is 0. The van der Waals surface area contributed by atoms with Crippen LogP contribution in [0.2, 0.25) is 0 Å². The summed E-state index contributed by atoms with van der Waals surface area (Å²) < 4.78 is 0. The summed E-state index contributed by atoms with van der Waals surface area (Å²) in [7, 11) is 3.30. The molecule has 112 valence electrons. The van der Waals surface area contributed by atoms with Crippen molar-refractivity contribution in [2.24, 2.45) is 0 Å². The zero-order chi connectivity index (χ0) is 15.9. The number of hydrogen-bond acceptors (Lipinski definition) is 2. The smallest absolute Gasteiger partial charge is 0.269 e. The van der Waals surface area contributed by atoms with Gasteiger partial charge in [0.1, 0.15) is 5.70 Å². The molecule has 4 heteroatoms. The van der Waals surface area contributed by atoms with Crippen LogP contribution in [0.25, 0.3) is 6.08 Å². The average Bonchev–Trinajstić information content (AvgIpc) is 2.55. The van der Waals surface area contributed by atoms with Crippen molar-refractivity contribution in [3.8, 4) is 0 Å². The monoisotopic (exact) mass is 294 g/mol. The second kappa shape index (κ2) is 7.22. The fraction of sp³-hybridized carbons (Fsp3) is 0.111. The second-order valence-electron chi connectivity index (χ2n) is 4.99. The maximum absolute atomic E-state index is 12.3. The van der Waals surface area contributed by atoms with Gasteiger partial charge in [0.2, 0.25) is 0 Å². The molecule has 0 radical (unpaired) electrons. The molecule has 2 rings (SSSR count). The number of hydrogen-bond donors (Lipinski definition) is 1. The molecule has 0 saturated heterocycles. The third-order valence-electron chi connectivity index (χ3n) is 3.03. The van der Waals surface area contributed by atoms with Crippen molar-refractivity contribution >= 4 is 17.9 Å². The Morgan fingerprint density at radius 1 is 0.909 bits per heavy atom. The Hall–Kier alpha value is -2.88. The van der Waals surface area contributed by atoms with Gasteiger partial charge in [-0.1, -0.05) is 48.5 Å². The van der Waals surface area contributed by atoms with E-state index in [-0.39, 0.29) is 17.5 Å². The van der Waals surface area contributed by atoms with Crippen molar-refractivity contribution in [1.29, 1.82) is 0 Å². The Labute approximate surface area is 130 Å². The van der Waals surface area contributed by atoms with Gasteiger partial charge in [0.25, 0.3) is 11.8 Å². The van der Waals surface area contributed by atoms with Gasteiger partial charge in [0, 0.05) is 19.7 Å². The van der Waals surface area contributed by atoms with E-state index in [2.05, 4.69) is 5.32 Å². The Kier molecular flexibility index (Phi) is 5.09. The van der Waals surface area contributed by atoms with Gasteiger partial charge >= 0.3 is 0 Å². The number of likely N-dealkylation sites (N-methyl/N-ethyl adjacent to an activating group) is 1. The molecule has 0 heterocycles. The van der Waals surface area contributed by atoms with E-state index in [1.54, 1.807) is 44.4 Å². The van der Waals surface area contributed by atoms with Crippen molar-refractivity contribution in [3.63, 3.8) is 0 Å². The maximum Gasteiger partial charge on any atom is 0.269 e. The van der Waals surface area contributed by atoms with Gasteiger partial charge in [-0.15, -0.1) is 0 Å². The summed E-state index contributed by atoms with van der Waals surface area (Å²) in [6.07, 6.45) is 1.67. The van der Waals surface area contributed by atoms with Crippen LogP contribution in [-0.2, 0) is 4.79 Å². The SMILES string of the molecule is CN(C)C(=O)C(=Cc1ccccc1)NC(=O)c1ccccc1. The lowest BCUT2D eigenvalue weighted by atomic mass is 10.1. The minimum absolute atomic E-state index is 0.241. The Morgan fingerprint density at radius 2 is 1.45 bits per heavy atom. The predicted molar refractivity (Wildman–Crippen MR) is 87.0 cm³/mol. The highest BCUT2D eigenvalue weighted by Crippen LogP contribution is 2.08. The molecular formula is C18H18N2O2. The molecule has 22 heavy (non-hydrogen) atoms. The summed E-state index contributed by atoms with van der Waals surface area (Å²) in [6, 6.07) is 18.2. The topological polar surface area (TPSA) is 49.4 Å². The molecule has 1 N–H and O–H groups in total. The molecule has 2 amide bonds. The molecule has 0 bridgehead atoms. The van der Waals surface area contributed by atoms with E-state index in [4.69, 9.17) is 0 Å². The lowest BCUT2D eigenvalue weighted by Crippen LogP contribution is -2.34. The molecule has 2 aromatic carbocycles. The van der Waals surface area contributed by atoms with Gasteiger partial charge in [0.15, 0.2) is 0 Å². The molecule has 0 aliphatic heterocycles. The standard InChI is InChI=1S/C18H18N2O2/c1-20(2)18(22)16(13-14-9-5-3-6-10-14)19-17(21)15-11-7-4-8-12-15/h3-13H,1-2H3,(H,19,21). The van der Waals surface area contributed by atoms with Crippen LogP contribution >= 0.6 is 0 Å². The van der Waals surface area contributed by atoms with Crippen molar-refractivity contribution in [3.05, 3.63) is 77.5 Å². The summed E-state index contributed by atoms with van der Waals surface area (Å²) in [5, 5.41) is 2.69. The van der Waals surface area contributed by atoms with Crippen LogP contribution in [0, 0.1) is 0 Å². The third-order valence-corrected chi connectivity index (χ3v) is 3.03. The van der Waals surface area contributed by atoms with Crippen molar-refractivity contribution in [2.75, 3.05) is 14.1 Å². The highest BCUT2D eigenvalue weighted by atomic mass is 16.2. The van der Waals surface area contributed by atoms with Crippen molar-refractivity contribution < 1.29 is 9.59 Å². The molecular weight excluding hydrogens is 276 g/mol. The maximum atomic E-state index is 12.3. The van der Waals surface area contributed by atoms with Gasteiger partial charge < -0.3 is 10.2 Å². The van der Waals surface area contributed by atoms with Gasteiger partial charge in [-0.3, -0.25) is 9.59 Å². The highest BCUT2D eigenvalue weighted by Gasteiger charge is 2.15. The van der Waals surface area contributed by atoms with E-state index in [0.29, 0.717) is 5.56 Å². The number of carbonyl (C=O) groups is 2. The molecule has 2 aromatic rings. The number of amides is 2. The zero-order valence-electron chi connectivity index (χ0n) is 12.6. The number of carbonyl (C=O) groups excluding carboxylic acids is 2. The molecule has 0 unspecified atom stereocenters. The van der Waals surface area contributed by atoms with Crippen LogP contribution in [0.4, 0.5) is 0 Å². The van der Waals surface area contributed by atoms with E-state index >= 15 is 0 Å². The fourth-order valence-electron chi connectivity index (χ4n) is 1.89. The summed E-state index contributed by atoms with van der Waals surface area (Å²) in [5.41, 5.74) is 1.60. The number of nitrogens with one attached hydrogen (secondary N) is 1. The molecule has 0 aromatic heterocycles. The lowest BCUT2D eigenvalue weighted by Gasteiger charge is -2.15. The summed E-state index contributed by atoms with van der Waals surface area (Å²) >= 11 is 0. The first-order valence-electron chi connectivity index (χ1n) is 6.92. The van der Waals surface area contributed by atoms with Crippen LogP contribution in [0.5, 0.6) is 0 Å². The van der Waals surface area contributed by atoms with Crippen LogP contribution in [0.3, 0.4) is 0 Å². The average molecular weight is 294 g/mol. The Bertz CT molecular complexity index is 677. The van der Waals surface area contributed by atoms with Crippen LogP contribution in [-0.4, -0.2) is 30.8 Å². The molecule has 4 nitrogen and oxygen atoms in total. The molecule has 0 spiro atoms. The van der Waals surface area contributed by atoms with Crippen LogP contribution < -0.4 is 5.32 Å². The van der Waals surface area contributed by atoms with Gasteiger partial charge in [-0.05, 0) is 23.8 Å². The first-order chi connectivity index (χ1) is 10.6. The van der Waals surface area contributed by atoms with Crippen molar-refractivity contribution in [1.82, 2.24) is 10.2 Å². The van der Waals surface area contributed by atoms with Crippen LogP contribution in [0.1, 0.15) is 15.9 Å². The largest absolute Gasteiger partial charge is 0.344 e. The quantitative estimate of drug-likeness (QED) is 0.881. The van der Waals surface area contributed by atoms with E-state index in [9.17, 15) is 9.59 Å². The molecule has 0 fully saturated rings. The zero-order valence-corrected chi connectivity index (χ0v) is 12.6. The van der Waals surface area contributed by atoms with Crippen LogP contribution in [0.15, 0.2) is 66.4 Å². The predicted octanol–water partition coefficient (Wildman–Crippen LogP) is 2.55. The lowest BCUT2D eigenvalue weighted by molar-refractivity contribution is -0.124. The van der Waals surface area contributed by atoms with Gasteiger partial charge in [-0.25, -0.2) is 0 Å². The molecule has 0 atom stereocenters. The van der Waals surface area contributed by atoms with Gasteiger partial charge in [-0.2, -0.15) is 0 Å². The first kappa shape index (κ1) is 15.5. The first-order valence-corrected chi connectivity index (χ1v) is 6.92. The minimum atomic E-state index is -0.307. The summed E-state index contributed by atoms with van der Waals surface area (Å²) in [5.74, 6) is -0.564. The molecule has 0 saturated carbocycles. The summed E-state index contributed by atoms with van der Waals surface area (Å²) in [4.78, 5) is 25.9. The number of benzene rings is 2. The molecule has 0 aliphatic rings. The van der Waals surface area contributed by atoms with E-state index in [1.807, 2.05) is 36.4 Å². The van der Waals surface area contributed by atoms with Crippen molar-refractivity contribution in [2.45, 2.75) is 0 Å². The number of rotatable bonds is 4. The Balaban J connectivity index is 2.28. The normalized spacial score (nSPS) is 10.9. The molecule has 0 aliphatic carbocycles. The van der Waals surface area contributed by atoms with E-state index in [0.717, 1.165) is 5.56 Å². The highest BCUT2D eigenvalue weighted by molar-refractivity contribution is 6.05.